The van der Waals surface area contributed by atoms with Crippen LogP contribution in [0.4, 0.5) is 4.79 Å². The molecule has 3 N–H and O–H groups in total. The minimum Gasteiger partial charge on any atom is -0.446 e. The number of hydrogen-bond donors (Lipinski definition) is 3. The molecule has 0 aromatic carbocycles. The van der Waals surface area contributed by atoms with Crippen LogP contribution in [0.2, 0.25) is 0 Å². The van der Waals surface area contributed by atoms with Crippen LogP contribution in [0.25, 0.3) is 0 Å². The molecule has 4 unspecified atom stereocenters. The molecule has 3 saturated carbocycles. The third kappa shape index (κ3) is 7.66. The van der Waals surface area contributed by atoms with Crippen LogP contribution in [0, 0.1) is 46.3 Å². The topological polar surface area (TPSA) is 99.1 Å². The van der Waals surface area contributed by atoms with E-state index in [-0.39, 0.29) is 36.2 Å². The van der Waals surface area contributed by atoms with Gasteiger partial charge in [0, 0.05) is 25.9 Å². The summed E-state index contributed by atoms with van der Waals surface area (Å²) in [4.78, 5) is 26.8. The van der Waals surface area contributed by atoms with Gasteiger partial charge in [-0.2, -0.15) is 0 Å². The highest BCUT2D eigenvalue weighted by Crippen LogP contribution is 2.67. The fraction of sp³-hybridized carbons (Fsp3) is 0.897. The van der Waals surface area contributed by atoms with E-state index in [1.807, 2.05) is 0 Å². The Kier molecular flexibility index (Phi) is 11.9. The molecule has 1 saturated heterocycles. The van der Waals surface area contributed by atoms with Crippen LogP contribution in [0.1, 0.15) is 137 Å². The highest BCUT2D eigenvalue weighted by molar-refractivity contribution is 5.77. The number of aliphatic hydroxyl groups excluding tert-OH is 2. The maximum absolute atomic E-state index is 12.7. The van der Waals surface area contributed by atoms with Crippen molar-refractivity contribution in [2.75, 3.05) is 19.7 Å². The van der Waals surface area contributed by atoms with Gasteiger partial charge >= 0.3 is 6.09 Å². The molecule has 0 aromatic heterocycles. The van der Waals surface area contributed by atoms with Gasteiger partial charge in [0.2, 0.25) is 5.91 Å². The number of carbonyl (C=O) groups is 2. The lowest BCUT2D eigenvalue weighted by molar-refractivity contribution is -0.133. The number of β-amino-alcohol motifs (C(OH)–C–C–N with tert-alkyl or cyclic N) is 1. The van der Waals surface area contributed by atoms with E-state index in [2.05, 4.69) is 46.0 Å². The third-order valence-electron chi connectivity index (χ3n) is 13.8. The number of hydrogen-bond acceptors (Lipinski definition) is 5. The lowest BCUT2D eigenvalue weighted by Crippen LogP contribution is -2.51. The number of allylic oxidation sites excluding steroid dienone is 1. The van der Waals surface area contributed by atoms with E-state index < -0.39 is 6.10 Å². The number of carbonyl (C=O) groups excluding carboxylic acids is 2. The van der Waals surface area contributed by atoms with Gasteiger partial charge in [0.1, 0.15) is 6.10 Å². The zero-order valence-corrected chi connectivity index (χ0v) is 29.8. The van der Waals surface area contributed by atoms with E-state index in [9.17, 15) is 19.8 Å². The Morgan fingerprint density at radius 1 is 1.02 bits per heavy atom. The molecule has 2 amide bonds. The van der Waals surface area contributed by atoms with Crippen molar-refractivity contribution in [3.05, 3.63) is 11.6 Å². The van der Waals surface area contributed by atoms with Gasteiger partial charge in [0.05, 0.1) is 18.8 Å². The summed E-state index contributed by atoms with van der Waals surface area (Å²) in [6.45, 7) is 13.2. The van der Waals surface area contributed by atoms with E-state index in [1.165, 1.54) is 51.4 Å². The van der Waals surface area contributed by atoms with Crippen LogP contribution in [-0.4, -0.2) is 65.1 Å². The second-order valence-corrected chi connectivity index (χ2v) is 17.1. The summed E-state index contributed by atoms with van der Waals surface area (Å²) in [7, 11) is 0. The average Bonchev–Trinajstić information content (AvgIpc) is 3.58. The summed E-state index contributed by atoms with van der Waals surface area (Å²) >= 11 is 0. The molecule has 5 aliphatic rings. The zero-order chi connectivity index (χ0) is 33.1. The van der Waals surface area contributed by atoms with Gasteiger partial charge in [-0.25, -0.2) is 4.79 Å². The maximum atomic E-state index is 12.7. The van der Waals surface area contributed by atoms with Crippen molar-refractivity contribution in [1.82, 2.24) is 10.2 Å². The summed E-state index contributed by atoms with van der Waals surface area (Å²) < 4.78 is 5.94. The number of aliphatic hydroxyl groups is 2. The van der Waals surface area contributed by atoms with E-state index in [1.54, 1.807) is 10.5 Å². The molecule has 0 radical (unpaired) electrons. The number of ether oxygens (including phenoxy) is 1. The van der Waals surface area contributed by atoms with Gasteiger partial charge in [-0.15, -0.1) is 0 Å². The monoisotopic (exact) mass is 642 g/mol. The van der Waals surface area contributed by atoms with Crippen molar-refractivity contribution in [3.63, 3.8) is 0 Å². The first-order chi connectivity index (χ1) is 22.0. The molecule has 262 valence electrons. The van der Waals surface area contributed by atoms with Crippen LogP contribution in [0.15, 0.2) is 11.6 Å². The lowest BCUT2D eigenvalue weighted by Gasteiger charge is -2.58. The molecular weight excluding hydrogens is 576 g/mol. The molecule has 46 heavy (non-hydrogen) atoms. The number of alkyl carbamates (subject to hydrolysis) is 1. The average molecular weight is 643 g/mol. The molecule has 1 aliphatic heterocycles. The van der Waals surface area contributed by atoms with Crippen molar-refractivity contribution in [1.29, 1.82) is 0 Å². The predicted molar refractivity (Wildman–Crippen MR) is 183 cm³/mol. The first-order valence-corrected chi connectivity index (χ1v) is 19.2. The van der Waals surface area contributed by atoms with Crippen molar-refractivity contribution >= 4 is 12.0 Å². The van der Waals surface area contributed by atoms with Gasteiger partial charge in [0.25, 0.3) is 0 Å². The van der Waals surface area contributed by atoms with Crippen LogP contribution < -0.4 is 5.32 Å². The highest BCUT2D eigenvalue weighted by Gasteiger charge is 2.59. The Hall–Kier alpha value is -1.60. The SMILES string of the molecule is CC(C)CCCC(C)[C@H]1CCC2C3CC=C4C[C@@H](OC(=O)NCCCCCC(=O)N5C[C@H](O)C[C@H]5CO)CC[C@]4(C)C3CC[C@@]21C. The summed E-state index contributed by atoms with van der Waals surface area (Å²) in [5.74, 6) is 4.98. The third-order valence-corrected chi connectivity index (χ3v) is 13.8. The fourth-order valence-corrected chi connectivity index (χ4v) is 11.2. The van der Waals surface area contributed by atoms with E-state index >= 15 is 0 Å². The number of rotatable bonds is 13. The molecule has 10 atom stereocenters. The fourth-order valence-electron chi connectivity index (χ4n) is 11.2. The summed E-state index contributed by atoms with van der Waals surface area (Å²) in [5.41, 5.74) is 2.31. The number of nitrogens with one attached hydrogen (secondary N) is 1. The van der Waals surface area contributed by atoms with Crippen LogP contribution in [-0.2, 0) is 9.53 Å². The minimum atomic E-state index is -0.540. The van der Waals surface area contributed by atoms with Gasteiger partial charge in [-0.3, -0.25) is 4.79 Å². The summed E-state index contributed by atoms with van der Waals surface area (Å²) in [6, 6.07) is -0.265. The normalized spacial score (nSPS) is 37.7. The number of unbranched alkanes of at least 4 members (excludes halogenated alkanes) is 2. The Morgan fingerprint density at radius 3 is 2.59 bits per heavy atom. The predicted octanol–water partition coefficient (Wildman–Crippen LogP) is 7.64. The zero-order valence-electron chi connectivity index (χ0n) is 29.8. The second kappa shape index (κ2) is 15.3. The highest BCUT2D eigenvalue weighted by atomic mass is 16.6. The Bertz CT molecular complexity index is 1080. The number of nitrogens with zero attached hydrogens (tertiary/aromatic N) is 1. The summed E-state index contributed by atoms with van der Waals surface area (Å²) in [6.07, 6.45) is 18.8. The van der Waals surface area contributed by atoms with Crippen LogP contribution >= 0.6 is 0 Å². The first kappa shape index (κ1) is 35.7. The molecular formula is C39H66N2O5. The number of amides is 2. The molecule has 1 heterocycles. The largest absolute Gasteiger partial charge is 0.446 e. The van der Waals surface area contributed by atoms with Crippen molar-refractivity contribution < 1.29 is 24.5 Å². The quantitative estimate of drug-likeness (QED) is 0.142. The van der Waals surface area contributed by atoms with Crippen molar-refractivity contribution in [2.24, 2.45) is 46.3 Å². The summed E-state index contributed by atoms with van der Waals surface area (Å²) in [5, 5.41) is 22.2. The van der Waals surface area contributed by atoms with Crippen LogP contribution in [0.5, 0.6) is 0 Å². The van der Waals surface area contributed by atoms with E-state index in [0.29, 0.717) is 31.3 Å². The van der Waals surface area contributed by atoms with Crippen molar-refractivity contribution in [2.45, 2.75) is 156 Å². The molecule has 0 spiro atoms. The van der Waals surface area contributed by atoms with Gasteiger partial charge in [-0.1, -0.05) is 72.0 Å². The van der Waals surface area contributed by atoms with Gasteiger partial charge in [-0.05, 0) is 111 Å². The smallest absolute Gasteiger partial charge is 0.407 e. The van der Waals surface area contributed by atoms with Gasteiger partial charge in [0.15, 0.2) is 0 Å². The molecule has 5 rings (SSSR count). The Labute approximate surface area is 279 Å². The Morgan fingerprint density at radius 2 is 1.83 bits per heavy atom. The molecule has 7 nitrogen and oxygen atoms in total. The van der Waals surface area contributed by atoms with Crippen LogP contribution in [0.3, 0.4) is 0 Å². The maximum Gasteiger partial charge on any atom is 0.407 e. The first-order valence-electron chi connectivity index (χ1n) is 19.2. The van der Waals surface area contributed by atoms with E-state index in [0.717, 1.165) is 74.0 Å². The number of fused-ring (bicyclic) bond motifs is 5. The standard InChI is InChI=1S/C39H66N2O5/c1-26(2)10-9-11-27(3)33-15-16-34-32-14-13-28-22-31(17-19-38(28,4)35(32)18-20-39(33,34)5)46-37(45)40-21-8-6-7-12-36(44)41-24-30(43)23-29(41)25-42/h13,26-27,29-35,42-43H,6-12,14-25H2,1-5H3,(H,40,45)/t27?,29-,30+,31-,32?,33+,34?,35?,38-,39+/m0/s1. The minimum absolute atomic E-state index is 0.00703. The Balaban J connectivity index is 1.04. The number of likely N-dealkylation sites (tertiary alicyclic amines) is 1. The van der Waals surface area contributed by atoms with E-state index in [4.69, 9.17) is 4.74 Å². The molecule has 4 aliphatic carbocycles. The van der Waals surface area contributed by atoms with Crippen molar-refractivity contribution in [3.8, 4) is 0 Å². The second-order valence-electron chi connectivity index (χ2n) is 17.1. The van der Waals surface area contributed by atoms with Gasteiger partial charge < -0.3 is 25.2 Å². The molecule has 0 aromatic rings. The lowest BCUT2D eigenvalue weighted by atomic mass is 9.47. The molecule has 0 bridgehead atoms. The molecule has 4 fully saturated rings. The molecule has 7 heteroatoms.